The Bertz CT molecular complexity index is 659. The predicted octanol–water partition coefficient (Wildman–Crippen LogP) is 3.66. The second-order valence-electron chi connectivity index (χ2n) is 6.62. The van der Waals surface area contributed by atoms with Crippen LogP contribution in [0.1, 0.15) is 35.4 Å². The van der Waals surface area contributed by atoms with Crippen LogP contribution in [0.25, 0.3) is 0 Å². The van der Waals surface area contributed by atoms with E-state index in [4.69, 9.17) is 16.1 Å². The summed E-state index contributed by atoms with van der Waals surface area (Å²) in [5.41, 5.74) is 1.59. The highest BCUT2D eigenvalue weighted by molar-refractivity contribution is 7.09. The molecule has 2 aromatic rings. The van der Waals surface area contributed by atoms with Crippen LogP contribution in [0.5, 0.6) is 0 Å². The topological polar surface area (TPSA) is 58.4 Å². The molecule has 1 N–H and O–H groups in total. The SMILES string of the molecule is Cc1noc(Cl)c1CCC(=O)NCC1CCN(Cc2cccs2)CC1. The molecule has 0 unspecified atom stereocenters. The number of carbonyl (C=O) groups excluding carboxylic acids is 1. The van der Waals surface area contributed by atoms with Crippen LogP contribution < -0.4 is 5.32 Å². The van der Waals surface area contributed by atoms with E-state index in [-0.39, 0.29) is 5.91 Å². The van der Waals surface area contributed by atoms with E-state index in [1.54, 1.807) is 0 Å². The van der Waals surface area contributed by atoms with Gasteiger partial charge in [0.2, 0.25) is 11.1 Å². The van der Waals surface area contributed by atoms with Crippen molar-refractivity contribution in [3.8, 4) is 0 Å². The number of amides is 1. The molecule has 1 amide bonds. The van der Waals surface area contributed by atoms with Crippen molar-refractivity contribution in [3.05, 3.63) is 38.9 Å². The van der Waals surface area contributed by atoms with E-state index in [1.165, 1.54) is 4.88 Å². The summed E-state index contributed by atoms with van der Waals surface area (Å²) in [6, 6.07) is 4.30. The summed E-state index contributed by atoms with van der Waals surface area (Å²) in [6.45, 7) is 5.87. The molecule has 1 fully saturated rings. The number of piperidine rings is 1. The number of hydrogen-bond donors (Lipinski definition) is 1. The number of nitrogens with one attached hydrogen (secondary N) is 1. The first-order valence-corrected chi connectivity index (χ1v) is 9.99. The number of halogens is 1. The molecule has 1 aliphatic heterocycles. The summed E-state index contributed by atoms with van der Waals surface area (Å²) in [4.78, 5) is 16.0. The van der Waals surface area contributed by atoms with Gasteiger partial charge in [-0.25, -0.2) is 0 Å². The van der Waals surface area contributed by atoms with Crippen LogP contribution in [0.3, 0.4) is 0 Å². The standard InChI is InChI=1S/C18H24ClN3O2S/c1-13-16(18(19)24-21-13)4-5-17(23)20-11-14-6-8-22(9-7-14)12-15-3-2-10-25-15/h2-3,10,14H,4-9,11-12H2,1H3,(H,20,23). The van der Waals surface area contributed by atoms with Gasteiger partial charge in [-0.1, -0.05) is 11.2 Å². The van der Waals surface area contributed by atoms with E-state index in [0.29, 0.717) is 24.0 Å². The molecule has 0 saturated carbocycles. The van der Waals surface area contributed by atoms with Crippen LogP contribution in [0.15, 0.2) is 22.0 Å². The van der Waals surface area contributed by atoms with Gasteiger partial charge in [-0.15, -0.1) is 11.3 Å². The van der Waals surface area contributed by atoms with Gasteiger partial charge < -0.3 is 9.84 Å². The van der Waals surface area contributed by atoms with Crippen molar-refractivity contribution in [3.63, 3.8) is 0 Å². The van der Waals surface area contributed by atoms with Gasteiger partial charge in [-0.3, -0.25) is 9.69 Å². The normalized spacial score (nSPS) is 16.2. The fraction of sp³-hybridized carbons (Fsp3) is 0.556. The van der Waals surface area contributed by atoms with Gasteiger partial charge in [-0.2, -0.15) is 0 Å². The molecular weight excluding hydrogens is 358 g/mol. The molecule has 1 saturated heterocycles. The van der Waals surface area contributed by atoms with Crippen molar-refractivity contribution in [2.24, 2.45) is 5.92 Å². The summed E-state index contributed by atoms with van der Waals surface area (Å²) in [5, 5.41) is 9.29. The van der Waals surface area contributed by atoms with Crippen molar-refractivity contribution >= 4 is 28.8 Å². The molecule has 0 aliphatic carbocycles. The highest BCUT2D eigenvalue weighted by Gasteiger charge is 2.20. The maximum absolute atomic E-state index is 12.1. The summed E-state index contributed by atoms with van der Waals surface area (Å²) in [7, 11) is 0. The summed E-state index contributed by atoms with van der Waals surface area (Å²) < 4.78 is 4.91. The predicted molar refractivity (Wildman–Crippen MR) is 99.9 cm³/mol. The molecule has 3 heterocycles. The molecule has 0 spiro atoms. The Labute approximate surface area is 157 Å². The van der Waals surface area contributed by atoms with Gasteiger partial charge in [0.1, 0.15) is 0 Å². The van der Waals surface area contributed by atoms with Crippen LogP contribution in [0, 0.1) is 12.8 Å². The second-order valence-corrected chi connectivity index (χ2v) is 8.00. The second kappa shape index (κ2) is 8.83. The van der Waals surface area contributed by atoms with Crippen LogP contribution in [-0.4, -0.2) is 35.6 Å². The summed E-state index contributed by atoms with van der Waals surface area (Å²) in [5.74, 6) is 0.641. The zero-order chi connectivity index (χ0) is 17.6. The number of likely N-dealkylation sites (tertiary alicyclic amines) is 1. The van der Waals surface area contributed by atoms with E-state index >= 15 is 0 Å². The van der Waals surface area contributed by atoms with E-state index in [9.17, 15) is 4.79 Å². The average molecular weight is 382 g/mol. The van der Waals surface area contributed by atoms with E-state index in [0.717, 1.165) is 50.3 Å². The van der Waals surface area contributed by atoms with Gasteiger partial charge in [-0.05, 0) is 68.2 Å². The van der Waals surface area contributed by atoms with Crippen LogP contribution in [0.2, 0.25) is 5.22 Å². The quantitative estimate of drug-likeness (QED) is 0.795. The third-order valence-corrected chi connectivity index (χ3v) is 5.95. The Morgan fingerprint density at radius 2 is 2.28 bits per heavy atom. The lowest BCUT2D eigenvalue weighted by atomic mass is 9.96. The number of nitrogens with zero attached hydrogens (tertiary/aromatic N) is 2. The first-order valence-electron chi connectivity index (χ1n) is 8.74. The Morgan fingerprint density at radius 1 is 1.48 bits per heavy atom. The molecule has 136 valence electrons. The fourth-order valence-electron chi connectivity index (χ4n) is 3.20. The summed E-state index contributed by atoms with van der Waals surface area (Å²) in [6.07, 6.45) is 3.27. The number of thiophene rings is 1. The molecule has 3 rings (SSSR count). The largest absolute Gasteiger partial charge is 0.356 e. The third kappa shape index (κ3) is 5.30. The lowest BCUT2D eigenvalue weighted by Crippen LogP contribution is -2.38. The van der Waals surface area contributed by atoms with Crippen LogP contribution >= 0.6 is 22.9 Å². The zero-order valence-electron chi connectivity index (χ0n) is 14.5. The Balaban J connectivity index is 1.33. The number of aryl methyl sites for hydroxylation is 1. The van der Waals surface area contributed by atoms with Crippen LogP contribution in [0.4, 0.5) is 0 Å². The van der Waals surface area contributed by atoms with E-state index in [2.05, 4.69) is 32.9 Å². The minimum atomic E-state index is 0.0673. The molecule has 25 heavy (non-hydrogen) atoms. The monoisotopic (exact) mass is 381 g/mol. The minimum Gasteiger partial charge on any atom is -0.356 e. The molecule has 0 aromatic carbocycles. The van der Waals surface area contributed by atoms with E-state index in [1.807, 2.05) is 18.3 Å². The molecule has 2 aromatic heterocycles. The van der Waals surface area contributed by atoms with Crippen molar-refractivity contribution in [1.29, 1.82) is 0 Å². The Kier molecular flexibility index (Phi) is 6.51. The van der Waals surface area contributed by atoms with Crippen molar-refractivity contribution < 1.29 is 9.32 Å². The Morgan fingerprint density at radius 3 is 2.92 bits per heavy atom. The third-order valence-electron chi connectivity index (χ3n) is 4.79. The molecule has 7 heteroatoms. The highest BCUT2D eigenvalue weighted by atomic mass is 35.5. The average Bonchev–Trinajstić information content (AvgIpc) is 3.23. The zero-order valence-corrected chi connectivity index (χ0v) is 16.0. The number of hydrogen-bond acceptors (Lipinski definition) is 5. The van der Waals surface area contributed by atoms with E-state index < -0.39 is 0 Å². The Hall–Kier alpha value is -1.37. The molecule has 0 radical (unpaired) electrons. The van der Waals surface area contributed by atoms with Crippen molar-refractivity contribution in [2.75, 3.05) is 19.6 Å². The van der Waals surface area contributed by atoms with Gasteiger partial charge >= 0.3 is 0 Å². The van der Waals surface area contributed by atoms with Crippen molar-refractivity contribution in [1.82, 2.24) is 15.4 Å². The van der Waals surface area contributed by atoms with Gasteiger partial charge in [0.05, 0.1) is 5.69 Å². The molecule has 0 bridgehead atoms. The number of carbonyl (C=O) groups is 1. The first-order chi connectivity index (χ1) is 12.1. The van der Waals surface area contributed by atoms with Gasteiger partial charge in [0, 0.05) is 30.0 Å². The smallest absolute Gasteiger partial charge is 0.229 e. The first kappa shape index (κ1) is 18.4. The highest BCUT2D eigenvalue weighted by Crippen LogP contribution is 2.21. The van der Waals surface area contributed by atoms with Gasteiger partial charge in [0.15, 0.2) is 0 Å². The maximum atomic E-state index is 12.1. The summed E-state index contributed by atoms with van der Waals surface area (Å²) >= 11 is 7.75. The molecular formula is C18H24ClN3O2S. The molecule has 1 aliphatic rings. The fourth-order valence-corrected chi connectivity index (χ4v) is 4.21. The lowest BCUT2D eigenvalue weighted by Gasteiger charge is -2.31. The van der Waals surface area contributed by atoms with Crippen LogP contribution in [-0.2, 0) is 17.8 Å². The van der Waals surface area contributed by atoms with Crippen molar-refractivity contribution in [2.45, 2.75) is 39.2 Å². The molecule has 0 atom stereocenters. The maximum Gasteiger partial charge on any atom is 0.229 e. The minimum absolute atomic E-state index is 0.0673. The molecule has 5 nitrogen and oxygen atoms in total. The number of rotatable bonds is 7. The lowest BCUT2D eigenvalue weighted by molar-refractivity contribution is -0.121. The number of aromatic nitrogens is 1. The van der Waals surface area contributed by atoms with Gasteiger partial charge in [0.25, 0.3) is 0 Å².